The standard InChI is InChI=1S/C23H28N2O2/c1-16(17-7-11-19(12-8-17)23(2,3)4)24-22(27)18-9-13-20(14-10-18)25-15-5-6-21(25)26/h7-14,16H,5-6,15H2,1-4H3,(H,24,27)/t16-/m0/s1. The third-order valence-electron chi connectivity index (χ3n) is 5.14. The van der Waals surface area contributed by atoms with Crippen LogP contribution in [-0.2, 0) is 10.2 Å². The minimum atomic E-state index is -0.110. The van der Waals surface area contributed by atoms with Gasteiger partial charge in [0.1, 0.15) is 0 Å². The zero-order valence-electron chi connectivity index (χ0n) is 16.6. The van der Waals surface area contributed by atoms with E-state index < -0.39 is 0 Å². The first-order chi connectivity index (χ1) is 12.8. The average molecular weight is 364 g/mol. The van der Waals surface area contributed by atoms with Gasteiger partial charge in [-0.3, -0.25) is 9.59 Å². The van der Waals surface area contributed by atoms with Crippen LogP contribution in [0.5, 0.6) is 0 Å². The molecule has 2 aromatic carbocycles. The highest BCUT2D eigenvalue weighted by atomic mass is 16.2. The summed E-state index contributed by atoms with van der Waals surface area (Å²) < 4.78 is 0. The van der Waals surface area contributed by atoms with Gasteiger partial charge in [0, 0.05) is 24.2 Å². The molecule has 2 aromatic rings. The van der Waals surface area contributed by atoms with E-state index in [9.17, 15) is 9.59 Å². The number of amides is 2. The number of hydrogen-bond acceptors (Lipinski definition) is 2. The number of rotatable bonds is 4. The van der Waals surface area contributed by atoms with Gasteiger partial charge in [-0.25, -0.2) is 0 Å². The highest BCUT2D eigenvalue weighted by Gasteiger charge is 2.22. The molecule has 1 fully saturated rings. The van der Waals surface area contributed by atoms with Gasteiger partial charge in [0.25, 0.3) is 5.91 Å². The fraction of sp³-hybridized carbons (Fsp3) is 0.391. The molecule has 27 heavy (non-hydrogen) atoms. The van der Waals surface area contributed by atoms with Crippen LogP contribution in [0.3, 0.4) is 0 Å². The van der Waals surface area contributed by atoms with Gasteiger partial charge in [0.2, 0.25) is 5.91 Å². The molecule has 1 saturated heterocycles. The Balaban J connectivity index is 1.65. The molecule has 1 heterocycles. The van der Waals surface area contributed by atoms with Crippen molar-refractivity contribution in [3.8, 4) is 0 Å². The first-order valence-electron chi connectivity index (χ1n) is 9.57. The topological polar surface area (TPSA) is 49.4 Å². The molecule has 0 saturated carbocycles. The Morgan fingerprint density at radius 3 is 2.19 bits per heavy atom. The van der Waals surface area contributed by atoms with Crippen LogP contribution >= 0.6 is 0 Å². The quantitative estimate of drug-likeness (QED) is 0.862. The molecule has 3 rings (SSSR count). The Morgan fingerprint density at radius 2 is 1.67 bits per heavy atom. The van der Waals surface area contributed by atoms with Gasteiger partial charge in [-0.1, -0.05) is 45.0 Å². The highest BCUT2D eigenvalue weighted by Crippen LogP contribution is 2.24. The first-order valence-corrected chi connectivity index (χ1v) is 9.57. The lowest BCUT2D eigenvalue weighted by molar-refractivity contribution is -0.117. The van der Waals surface area contributed by atoms with Crippen molar-refractivity contribution in [1.29, 1.82) is 0 Å². The van der Waals surface area contributed by atoms with Crippen LogP contribution in [0.2, 0.25) is 0 Å². The number of hydrogen-bond donors (Lipinski definition) is 1. The van der Waals surface area contributed by atoms with Crippen molar-refractivity contribution >= 4 is 17.5 Å². The molecule has 0 radical (unpaired) electrons. The van der Waals surface area contributed by atoms with Crippen molar-refractivity contribution in [2.24, 2.45) is 0 Å². The smallest absolute Gasteiger partial charge is 0.251 e. The molecule has 1 aliphatic rings. The van der Waals surface area contributed by atoms with E-state index in [1.54, 1.807) is 17.0 Å². The van der Waals surface area contributed by atoms with Gasteiger partial charge in [-0.05, 0) is 54.2 Å². The zero-order chi connectivity index (χ0) is 19.6. The van der Waals surface area contributed by atoms with E-state index in [0.717, 1.165) is 24.2 Å². The fourth-order valence-electron chi connectivity index (χ4n) is 3.35. The second-order valence-electron chi connectivity index (χ2n) is 8.26. The van der Waals surface area contributed by atoms with Crippen molar-refractivity contribution in [3.63, 3.8) is 0 Å². The molecule has 1 atom stereocenters. The number of benzene rings is 2. The van der Waals surface area contributed by atoms with Crippen molar-refractivity contribution in [1.82, 2.24) is 5.32 Å². The lowest BCUT2D eigenvalue weighted by Gasteiger charge is -2.21. The second kappa shape index (κ2) is 7.55. The summed E-state index contributed by atoms with van der Waals surface area (Å²) in [7, 11) is 0. The summed E-state index contributed by atoms with van der Waals surface area (Å²) in [5.74, 6) is 0.0428. The molecule has 1 aliphatic heterocycles. The molecule has 0 aliphatic carbocycles. The number of carbonyl (C=O) groups is 2. The Hall–Kier alpha value is -2.62. The summed E-state index contributed by atoms with van der Waals surface area (Å²) in [6.07, 6.45) is 1.50. The summed E-state index contributed by atoms with van der Waals surface area (Å²) in [4.78, 5) is 26.2. The summed E-state index contributed by atoms with van der Waals surface area (Å²) in [5, 5.41) is 3.05. The normalized spacial score (nSPS) is 15.7. The predicted molar refractivity (Wildman–Crippen MR) is 109 cm³/mol. The van der Waals surface area contributed by atoms with Crippen molar-refractivity contribution < 1.29 is 9.59 Å². The summed E-state index contributed by atoms with van der Waals surface area (Å²) in [6, 6.07) is 15.6. The minimum Gasteiger partial charge on any atom is -0.346 e. The minimum absolute atomic E-state index is 0.0774. The molecule has 4 nitrogen and oxygen atoms in total. The lowest BCUT2D eigenvalue weighted by atomic mass is 9.86. The molecule has 4 heteroatoms. The van der Waals surface area contributed by atoms with Crippen LogP contribution in [0.4, 0.5) is 5.69 Å². The number of nitrogens with zero attached hydrogens (tertiary/aromatic N) is 1. The monoisotopic (exact) mass is 364 g/mol. The van der Waals surface area contributed by atoms with E-state index in [1.165, 1.54) is 5.56 Å². The van der Waals surface area contributed by atoms with E-state index >= 15 is 0 Å². The largest absolute Gasteiger partial charge is 0.346 e. The van der Waals surface area contributed by atoms with Crippen molar-refractivity contribution in [2.45, 2.75) is 52.0 Å². The lowest BCUT2D eigenvalue weighted by Crippen LogP contribution is -2.27. The van der Waals surface area contributed by atoms with Crippen molar-refractivity contribution in [3.05, 3.63) is 65.2 Å². The van der Waals surface area contributed by atoms with Crippen LogP contribution in [-0.4, -0.2) is 18.4 Å². The maximum atomic E-state index is 12.6. The summed E-state index contributed by atoms with van der Waals surface area (Å²) >= 11 is 0. The predicted octanol–water partition coefficient (Wildman–Crippen LogP) is 4.60. The molecule has 142 valence electrons. The molecule has 0 unspecified atom stereocenters. The van der Waals surface area contributed by atoms with Crippen LogP contribution in [0.1, 0.15) is 68.1 Å². The van der Waals surface area contributed by atoms with Gasteiger partial charge in [-0.2, -0.15) is 0 Å². The van der Waals surface area contributed by atoms with Crippen molar-refractivity contribution in [2.75, 3.05) is 11.4 Å². The zero-order valence-corrected chi connectivity index (χ0v) is 16.6. The van der Waals surface area contributed by atoms with Crippen LogP contribution in [0.15, 0.2) is 48.5 Å². The number of nitrogens with one attached hydrogen (secondary N) is 1. The Morgan fingerprint density at radius 1 is 1.04 bits per heavy atom. The highest BCUT2D eigenvalue weighted by molar-refractivity contribution is 5.97. The third-order valence-corrected chi connectivity index (χ3v) is 5.14. The second-order valence-corrected chi connectivity index (χ2v) is 8.26. The first kappa shape index (κ1) is 19.2. The maximum Gasteiger partial charge on any atom is 0.251 e. The maximum absolute atomic E-state index is 12.6. The molecular weight excluding hydrogens is 336 g/mol. The summed E-state index contributed by atoms with van der Waals surface area (Å²) in [5.41, 5.74) is 3.93. The number of carbonyl (C=O) groups excluding carboxylic acids is 2. The van der Waals surface area contributed by atoms with Crippen LogP contribution in [0.25, 0.3) is 0 Å². The van der Waals surface area contributed by atoms with Gasteiger partial charge in [0.05, 0.1) is 6.04 Å². The summed E-state index contributed by atoms with van der Waals surface area (Å²) in [6.45, 7) is 9.30. The van der Waals surface area contributed by atoms with Gasteiger partial charge >= 0.3 is 0 Å². The van der Waals surface area contributed by atoms with Gasteiger partial charge in [-0.15, -0.1) is 0 Å². The average Bonchev–Trinajstić information content (AvgIpc) is 3.07. The van der Waals surface area contributed by atoms with Gasteiger partial charge < -0.3 is 10.2 Å². The molecule has 1 N–H and O–H groups in total. The van der Waals surface area contributed by atoms with Gasteiger partial charge in [0.15, 0.2) is 0 Å². The Kier molecular flexibility index (Phi) is 5.36. The Labute approximate surface area is 161 Å². The van der Waals surface area contributed by atoms with E-state index in [2.05, 4.69) is 50.4 Å². The van der Waals surface area contributed by atoms with E-state index in [-0.39, 0.29) is 23.3 Å². The molecule has 0 bridgehead atoms. The molecule has 0 aromatic heterocycles. The Bertz CT molecular complexity index is 817. The van der Waals surface area contributed by atoms with Crippen LogP contribution in [0, 0.1) is 0 Å². The molecule has 0 spiro atoms. The molecule has 2 amide bonds. The fourth-order valence-corrected chi connectivity index (χ4v) is 3.35. The van der Waals surface area contributed by atoms with E-state index in [1.807, 2.05) is 19.1 Å². The SMILES string of the molecule is C[C@H](NC(=O)c1ccc(N2CCCC2=O)cc1)c1ccc(C(C)(C)C)cc1. The number of anilines is 1. The third kappa shape index (κ3) is 4.38. The van der Waals surface area contributed by atoms with E-state index in [4.69, 9.17) is 0 Å². The van der Waals surface area contributed by atoms with Crippen LogP contribution < -0.4 is 10.2 Å². The van der Waals surface area contributed by atoms with E-state index in [0.29, 0.717) is 12.0 Å². The molecular formula is C23H28N2O2.